The van der Waals surface area contributed by atoms with Crippen molar-refractivity contribution in [3.8, 4) is 22.6 Å². The predicted octanol–water partition coefficient (Wildman–Crippen LogP) is 5.29. The first-order valence-corrected chi connectivity index (χ1v) is 10.8. The van der Waals surface area contributed by atoms with Crippen molar-refractivity contribution in [2.75, 3.05) is 29.6 Å². The van der Waals surface area contributed by atoms with E-state index in [9.17, 15) is 9.18 Å². The molecule has 0 unspecified atom stereocenters. The number of benzene rings is 3. The molecule has 2 heterocycles. The maximum Gasteiger partial charge on any atom is 0.270 e. The molecule has 0 bridgehead atoms. The topological polar surface area (TPSA) is 54.0 Å². The van der Waals surface area contributed by atoms with Gasteiger partial charge in [0.25, 0.3) is 5.91 Å². The molecule has 33 heavy (non-hydrogen) atoms. The lowest BCUT2D eigenvalue weighted by Crippen LogP contribution is -2.57. The van der Waals surface area contributed by atoms with Crippen molar-refractivity contribution in [1.29, 1.82) is 0 Å². The minimum atomic E-state index is -0.793. The molecule has 2 aliphatic rings. The van der Waals surface area contributed by atoms with Crippen molar-refractivity contribution < 1.29 is 18.7 Å². The van der Waals surface area contributed by atoms with Gasteiger partial charge in [0, 0.05) is 17.2 Å². The third-order valence-corrected chi connectivity index (χ3v) is 6.28. The molecule has 1 N–H and O–H groups in total. The van der Waals surface area contributed by atoms with Crippen molar-refractivity contribution in [3.05, 3.63) is 65.5 Å². The molecule has 0 saturated heterocycles. The Labute approximate surface area is 192 Å². The first kappa shape index (κ1) is 21.1. The number of carbonyl (C=O) groups is 1. The van der Waals surface area contributed by atoms with Crippen LogP contribution in [0.2, 0.25) is 0 Å². The molecule has 0 aromatic heterocycles. The number of hydrogen-bond acceptors (Lipinski definition) is 5. The smallest absolute Gasteiger partial charge is 0.270 e. The molecular weight excluding hydrogens is 421 g/mol. The van der Waals surface area contributed by atoms with Gasteiger partial charge in [-0.1, -0.05) is 12.1 Å². The number of methoxy groups -OCH3 is 2. The summed E-state index contributed by atoms with van der Waals surface area (Å²) in [7, 11) is 3.15. The fourth-order valence-electron chi connectivity index (χ4n) is 4.68. The van der Waals surface area contributed by atoms with Crippen molar-refractivity contribution >= 4 is 23.0 Å². The van der Waals surface area contributed by atoms with Crippen LogP contribution < -0.4 is 24.8 Å². The Bertz CT molecular complexity index is 1290. The summed E-state index contributed by atoms with van der Waals surface area (Å²) in [5, 5.41) is 7.10. The second kappa shape index (κ2) is 7.40. The average Bonchev–Trinajstić information content (AvgIpc) is 3.19. The Kier molecular flexibility index (Phi) is 4.74. The number of halogens is 1. The molecule has 0 fully saturated rings. The summed E-state index contributed by atoms with van der Waals surface area (Å²) in [6.45, 7) is 6.20. The van der Waals surface area contributed by atoms with Crippen LogP contribution in [0.15, 0.2) is 48.5 Å². The first-order chi connectivity index (χ1) is 15.7. The fraction of sp³-hybridized carbons (Fsp3) is 0.269. The highest BCUT2D eigenvalue weighted by molar-refractivity contribution is 6.12. The highest BCUT2D eigenvalue weighted by atomic mass is 19.1. The van der Waals surface area contributed by atoms with E-state index in [4.69, 9.17) is 9.47 Å². The zero-order valence-corrected chi connectivity index (χ0v) is 19.3. The Morgan fingerprint density at radius 3 is 2.42 bits per heavy atom. The Morgan fingerprint density at radius 1 is 0.970 bits per heavy atom. The third kappa shape index (κ3) is 3.18. The lowest BCUT2D eigenvalue weighted by molar-refractivity contribution is -0.122. The van der Waals surface area contributed by atoms with E-state index in [1.54, 1.807) is 18.2 Å². The van der Waals surface area contributed by atoms with Crippen LogP contribution in [0.3, 0.4) is 0 Å². The number of ether oxygens (including phenoxy) is 2. The van der Waals surface area contributed by atoms with Gasteiger partial charge in [-0.15, -0.1) is 0 Å². The van der Waals surface area contributed by atoms with Crippen LogP contribution in [0, 0.1) is 12.7 Å². The zero-order valence-electron chi connectivity index (χ0n) is 19.3. The summed E-state index contributed by atoms with van der Waals surface area (Å²) >= 11 is 0. The monoisotopic (exact) mass is 447 g/mol. The van der Waals surface area contributed by atoms with Crippen LogP contribution >= 0.6 is 0 Å². The van der Waals surface area contributed by atoms with E-state index in [0.717, 1.165) is 39.3 Å². The van der Waals surface area contributed by atoms with E-state index in [1.165, 1.54) is 19.2 Å². The molecule has 7 heteroatoms. The number of rotatable bonds is 4. The van der Waals surface area contributed by atoms with Crippen LogP contribution in [0.1, 0.15) is 25.0 Å². The average molecular weight is 448 g/mol. The van der Waals surface area contributed by atoms with E-state index < -0.39 is 5.54 Å². The van der Waals surface area contributed by atoms with Crippen LogP contribution in [-0.2, 0) is 11.3 Å². The quantitative estimate of drug-likeness (QED) is 0.589. The number of carbonyl (C=O) groups excluding carboxylic acids is 1. The van der Waals surface area contributed by atoms with E-state index in [2.05, 4.69) is 5.32 Å². The number of nitrogens with zero attached hydrogens (tertiary/aromatic N) is 2. The molecule has 5 rings (SSSR count). The third-order valence-electron chi connectivity index (χ3n) is 6.28. The summed E-state index contributed by atoms with van der Waals surface area (Å²) in [6, 6.07) is 14.4. The Hall–Kier alpha value is -3.74. The summed E-state index contributed by atoms with van der Waals surface area (Å²) < 4.78 is 25.0. The standard InChI is InChI=1S/C26H26FN3O3/c1-15-6-11-22(32-4)21(12-15)29-14-19-17(18-8-7-16(27)13-23(18)33-5)9-10-20-24(19)30(29)25(31)26(2,3)28-20/h6-13,28H,14H2,1-5H3. The first-order valence-electron chi connectivity index (χ1n) is 10.8. The van der Waals surface area contributed by atoms with E-state index in [1.807, 2.05) is 56.1 Å². The van der Waals surface area contributed by atoms with Gasteiger partial charge in [-0.05, 0) is 62.2 Å². The maximum absolute atomic E-state index is 13.9. The largest absolute Gasteiger partial charge is 0.496 e. The van der Waals surface area contributed by atoms with Crippen LogP contribution in [0.4, 0.5) is 21.5 Å². The molecule has 0 atom stereocenters. The molecule has 6 nitrogen and oxygen atoms in total. The van der Waals surface area contributed by atoms with Gasteiger partial charge in [-0.3, -0.25) is 9.80 Å². The van der Waals surface area contributed by atoms with Gasteiger partial charge in [0.05, 0.1) is 32.1 Å². The predicted molar refractivity (Wildman–Crippen MR) is 127 cm³/mol. The van der Waals surface area contributed by atoms with Gasteiger partial charge < -0.3 is 14.8 Å². The SMILES string of the molecule is COc1cc(F)ccc1-c1ccc2c3c1CN(c1cc(C)ccc1OC)N3C(=O)C(C)(C)N2. The van der Waals surface area contributed by atoms with Gasteiger partial charge in [0.1, 0.15) is 28.5 Å². The van der Waals surface area contributed by atoms with Crippen LogP contribution in [-0.4, -0.2) is 25.7 Å². The van der Waals surface area contributed by atoms with Gasteiger partial charge in [-0.2, -0.15) is 0 Å². The second-order valence-corrected chi connectivity index (χ2v) is 8.93. The number of hydrazine groups is 1. The van der Waals surface area contributed by atoms with Crippen molar-refractivity contribution in [2.45, 2.75) is 32.9 Å². The van der Waals surface area contributed by atoms with Crippen molar-refractivity contribution in [1.82, 2.24) is 0 Å². The van der Waals surface area contributed by atoms with Crippen LogP contribution in [0.5, 0.6) is 11.5 Å². The summed E-state index contributed by atoms with van der Waals surface area (Å²) in [5.74, 6) is 0.691. The molecule has 3 aromatic rings. The minimum Gasteiger partial charge on any atom is -0.496 e. The molecule has 0 spiro atoms. The van der Waals surface area contributed by atoms with Crippen molar-refractivity contribution in [2.24, 2.45) is 0 Å². The summed E-state index contributed by atoms with van der Waals surface area (Å²) in [6.07, 6.45) is 0. The maximum atomic E-state index is 13.9. The summed E-state index contributed by atoms with van der Waals surface area (Å²) in [4.78, 5) is 13.7. The van der Waals surface area contributed by atoms with Gasteiger partial charge in [0.15, 0.2) is 0 Å². The second-order valence-electron chi connectivity index (χ2n) is 8.93. The molecular formula is C26H26FN3O3. The fourth-order valence-corrected chi connectivity index (χ4v) is 4.68. The molecule has 2 aliphatic heterocycles. The normalized spacial score (nSPS) is 15.9. The molecule has 1 amide bonds. The van der Waals surface area contributed by atoms with E-state index in [-0.39, 0.29) is 11.7 Å². The van der Waals surface area contributed by atoms with E-state index >= 15 is 0 Å². The Morgan fingerprint density at radius 2 is 1.70 bits per heavy atom. The molecule has 0 saturated carbocycles. The van der Waals surface area contributed by atoms with Gasteiger partial charge in [0.2, 0.25) is 0 Å². The number of nitrogens with one attached hydrogen (secondary N) is 1. The molecule has 3 aromatic carbocycles. The molecule has 170 valence electrons. The number of anilines is 3. The minimum absolute atomic E-state index is 0.0690. The number of amides is 1. The highest BCUT2D eigenvalue weighted by Crippen LogP contribution is 2.51. The Balaban J connectivity index is 1.75. The lowest BCUT2D eigenvalue weighted by Gasteiger charge is -2.41. The summed E-state index contributed by atoms with van der Waals surface area (Å²) in [5.41, 5.74) is 5.36. The number of hydrogen-bond donors (Lipinski definition) is 1. The molecule has 0 radical (unpaired) electrons. The molecule has 0 aliphatic carbocycles. The lowest BCUT2D eigenvalue weighted by atomic mass is 9.93. The highest BCUT2D eigenvalue weighted by Gasteiger charge is 2.47. The van der Waals surface area contributed by atoms with Gasteiger partial charge in [-0.25, -0.2) is 9.40 Å². The van der Waals surface area contributed by atoms with Crippen LogP contribution in [0.25, 0.3) is 11.1 Å². The van der Waals surface area contributed by atoms with Gasteiger partial charge >= 0.3 is 0 Å². The van der Waals surface area contributed by atoms with E-state index in [0.29, 0.717) is 18.0 Å². The number of aryl methyl sites for hydroxylation is 1. The van der Waals surface area contributed by atoms with Crippen molar-refractivity contribution in [3.63, 3.8) is 0 Å². The zero-order chi connectivity index (χ0) is 23.5.